The Labute approximate surface area is 148 Å². The van der Waals surface area contributed by atoms with Crippen LogP contribution in [0, 0.1) is 0 Å². The fourth-order valence-electron chi connectivity index (χ4n) is 3.20. The maximum atomic E-state index is 11.2. The molecule has 1 rings (SSSR count). The Morgan fingerprint density at radius 1 is 0.792 bits per heavy atom. The van der Waals surface area contributed by atoms with E-state index in [1.165, 1.54) is 81.9 Å². The van der Waals surface area contributed by atoms with E-state index < -0.39 is 10.1 Å². The molecule has 0 fully saturated rings. The fraction of sp³-hybridized carbons (Fsp3) is 0.700. The first-order valence-corrected chi connectivity index (χ1v) is 11.0. The van der Waals surface area contributed by atoms with Crippen molar-refractivity contribution in [2.24, 2.45) is 0 Å². The van der Waals surface area contributed by atoms with E-state index in [1.807, 2.05) is 12.1 Å². The third kappa shape index (κ3) is 8.29. The van der Waals surface area contributed by atoms with Gasteiger partial charge in [0.1, 0.15) is 0 Å². The fourth-order valence-corrected chi connectivity index (χ4v) is 3.68. The third-order valence-electron chi connectivity index (χ3n) is 4.71. The molecule has 1 unspecified atom stereocenters. The summed E-state index contributed by atoms with van der Waals surface area (Å²) in [7, 11) is -4.10. The normalized spacial score (nSPS) is 13.1. The molecule has 24 heavy (non-hydrogen) atoms. The average Bonchev–Trinajstić information content (AvgIpc) is 2.56. The summed E-state index contributed by atoms with van der Waals surface area (Å²) in [4.78, 5) is -0.0156. The van der Waals surface area contributed by atoms with E-state index in [0.717, 1.165) is 6.42 Å². The molecule has 0 bridgehead atoms. The third-order valence-corrected chi connectivity index (χ3v) is 5.58. The Hall–Kier alpha value is -0.870. The molecule has 4 heteroatoms. The van der Waals surface area contributed by atoms with Crippen molar-refractivity contribution in [3.8, 4) is 0 Å². The van der Waals surface area contributed by atoms with Gasteiger partial charge in [-0.25, -0.2) is 0 Å². The van der Waals surface area contributed by atoms with Gasteiger partial charge < -0.3 is 0 Å². The predicted molar refractivity (Wildman–Crippen MR) is 101 cm³/mol. The van der Waals surface area contributed by atoms with Crippen LogP contribution in [0.3, 0.4) is 0 Å². The molecular formula is C20H34O3S. The van der Waals surface area contributed by atoms with Gasteiger partial charge in [0.15, 0.2) is 0 Å². The van der Waals surface area contributed by atoms with Crippen LogP contribution in [-0.2, 0) is 10.1 Å². The van der Waals surface area contributed by atoms with Crippen molar-refractivity contribution in [2.75, 3.05) is 0 Å². The standard InChI is InChI=1S/C20H34O3S/c1-3-5-7-8-9-11-13-18(12-10-6-4-2)19-14-16-20(17-15-19)24(21,22)23/h14-18H,3-13H2,1-2H3,(H,21,22,23). The van der Waals surface area contributed by atoms with E-state index in [9.17, 15) is 8.42 Å². The zero-order chi connectivity index (χ0) is 17.8. The van der Waals surface area contributed by atoms with Crippen LogP contribution in [0.2, 0.25) is 0 Å². The summed E-state index contributed by atoms with van der Waals surface area (Å²) < 4.78 is 31.5. The largest absolute Gasteiger partial charge is 0.294 e. The van der Waals surface area contributed by atoms with Crippen molar-refractivity contribution in [1.82, 2.24) is 0 Å². The SMILES string of the molecule is CCCCCCCCC(CCCCC)c1ccc(S(=O)(=O)O)cc1. The summed E-state index contributed by atoms with van der Waals surface area (Å²) in [6, 6.07) is 6.80. The van der Waals surface area contributed by atoms with Gasteiger partial charge in [-0.15, -0.1) is 0 Å². The Kier molecular flexibility index (Phi) is 10.3. The number of benzene rings is 1. The van der Waals surface area contributed by atoms with E-state index in [0.29, 0.717) is 5.92 Å². The summed E-state index contributed by atoms with van der Waals surface area (Å²) in [5, 5.41) is 0. The lowest BCUT2D eigenvalue weighted by atomic mass is 9.88. The first kappa shape index (κ1) is 21.2. The van der Waals surface area contributed by atoms with Crippen LogP contribution in [0.25, 0.3) is 0 Å². The van der Waals surface area contributed by atoms with Gasteiger partial charge in [-0.2, -0.15) is 8.42 Å². The molecule has 0 amide bonds. The van der Waals surface area contributed by atoms with Crippen molar-refractivity contribution in [3.63, 3.8) is 0 Å². The molecule has 0 saturated carbocycles. The molecule has 1 atom stereocenters. The van der Waals surface area contributed by atoms with Crippen LogP contribution in [0.1, 0.15) is 96.0 Å². The summed E-state index contributed by atoms with van der Waals surface area (Å²) >= 11 is 0. The number of unbranched alkanes of at least 4 members (excludes halogenated alkanes) is 7. The average molecular weight is 355 g/mol. The van der Waals surface area contributed by atoms with E-state index in [1.54, 1.807) is 0 Å². The van der Waals surface area contributed by atoms with E-state index in [2.05, 4.69) is 13.8 Å². The molecule has 0 heterocycles. The van der Waals surface area contributed by atoms with Gasteiger partial charge in [0, 0.05) is 0 Å². The first-order valence-electron chi connectivity index (χ1n) is 9.56. The summed E-state index contributed by atoms with van der Waals surface area (Å²) in [5.74, 6) is 0.498. The van der Waals surface area contributed by atoms with E-state index in [4.69, 9.17) is 4.55 Å². The van der Waals surface area contributed by atoms with Crippen LogP contribution in [0.15, 0.2) is 29.2 Å². The highest BCUT2D eigenvalue weighted by Crippen LogP contribution is 2.29. The van der Waals surface area contributed by atoms with Gasteiger partial charge in [0.05, 0.1) is 4.90 Å². The first-order chi connectivity index (χ1) is 11.5. The highest BCUT2D eigenvalue weighted by atomic mass is 32.2. The highest BCUT2D eigenvalue weighted by molar-refractivity contribution is 7.85. The molecular weight excluding hydrogens is 320 g/mol. The van der Waals surface area contributed by atoms with Crippen LogP contribution < -0.4 is 0 Å². The second-order valence-electron chi connectivity index (χ2n) is 6.79. The van der Waals surface area contributed by atoms with Crippen molar-refractivity contribution in [1.29, 1.82) is 0 Å². The smallest absolute Gasteiger partial charge is 0.282 e. The maximum absolute atomic E-state index is 11.2. The summed E-state index contributed by atoms with van der Waals surface area (Å²) in [6.45, 7) is 4.45. The molecule has 1 N–H and O–H groups in total. The second-order valence-corrected chi connectivity index (χ2v) is 8.21. The van der Waals surface area contributed by atoms with Crippen LogP contribution in [-0.4, -0.2) is 13.0 Å². The quantitative estimate of drug-likeness (QED) is 0.332. The Morgan fingerprint density at radius 2 is 1.25 bits per heavy atom. The molecule has 0 aromatic heterocycles. The van der Waals surface area contributed by atoms with Crippen molar-refractivity contribution >= 4 is 10.1 Å². The Morgan fingerprint density at radius 3 is 1.79 bits per heavy atom. The van der Waals surface area contributed by atoms with Crippen molar-refractivity contribution < 1.29 is 13.0 Å². The lowest BCUT2D eigenvalue weighted by Gasteiger charge is -2.18. The minimum absolute atomic E-state index is 0.0156. The van der Waals surface area contributed by atoms with E-state index >= 15 is 0 Å². The molecule has 0 aliphatic rings. The lowest BCUT2D eigenvalue weighted by Crippen LogP contribution is -2.02. The summed E-state index contributed by atoms with van der Waals surface area (Å²) in [6.07, 6.45) is 13.8. The van der Waals surface area contributed by atoms with Crippen LogP contribution in [0.5, 0.6) is 0 Å². The molecule has 1 aromatic rings. The van der Waals surface area contributed by atoms with Gasteiger partial charge in [-0.1, -0.05) is 83.8 Å². The number of hydrogen-bond acceptors (Lipinski definition) is 2. The topological polar surface area (TPSA) is 54.4 Å². The van der Waals surface area contributed by atoms with Gasteiger partial charge >= 0.3 is 0 Å². The van der Waals surface area contributed by atoms with Gasteiger partial charge in [0.25, 0.3) is 10.1 Å². The second kappa shape index (κ2) is 11.6. The molecule has 0 aliphatic heterocycles. The minimum atomic E-state index is -4.10. The highest BCUT2D eigenvalue weighted by Gasteiger charge is 2.14. The Balaban J connectivity index is 2.60. The van der Waals surface area contributed by atoms with Crippen molar-refractivity contribution in [2.45, 2.75) is 95.3 Å². The number of rotatable bonds is 13. The molecule has 0 aliphatic carbocycles. The lowest BCUT2D eigenvalue weighted by molar-refractivity contribution is 0.482. The molecule has 0 spiro atoms. The van der Waals surface area contributed by atoms with Gasteiger partial charge in [-0.3, -0.25) is 4.55 Å². The minimum Gasteiger partial charge on any atom is -0.282 e. The van der Waals surface area contributed by atoms with Crippen molar-refractivity contribution in [3.05, 3.63) is 29.8 Å². The monoisotopic (exact) mass is 354 g/mol. The molecule has 138 valence electrons. The molecule has 0 radical (unpaired) electrons. The maximum Gasteiger partial charge on any atom is 0.294 e. The van der Waals surface area contributed by atoms with Crippen LogP contribution in [0.4, 0.5) is 0 Å². The Bertz CT molecular complexity index is 535. The predicted octanol–water partition coefficient (Wildman–Crippen LogP) is 6.35. The zero-order valence-electron chi connectivity index (χ0n) is 15.3. The number of hydrogen-bond donors (Lipinski definition) is 1. The zero-order valence-corrected chi connectivity index (χ0v) is 16.2. The molecule has 1 aromatic carbocycles. The molecule has 0 saturated heterocycles. The molecule has 3 nitrogen and oxygen atoms in total. The summed E-state index contributed by atoms with van der Waals surface area (Å²) in [5.41, 5.74) is 1.20. The van der Waals surface area contributed by atoms with Crippen LogP contribution >= 0.6 is 0 Å². The van der Waals surface area contributed by atoms with Gasteiger partial charge in [-0.05, 0) is 36.5 Å². The van der Waals surface area contributed by atoms with E-state index in [-0.39, 0.29) is 4.90 Å². The van der Waals surface area contributed by atoms with Gasteiger partial charge in [0.2, 0.25) is 0 Å².